The van der Waals surface area contributed by atoms with Crippen molar-refractivity contribution in [2.75, 3.05) is 43.5 Å². The molecule has 2 aliphatic heterocycles. The molecule has 10 nitrogen and oxygen atoms in total. The van der Waals surface area contributed by atoms with Crippen molar-refractivity contribution in [3.8, 4) is 11.4 Å². The highest BCUT2D eigenvalue weighted by Crippen LogP contribution is 2.41. The second-order valence-electron chi connectivity index (χ2n) is 8.52. The average Bonchev–Trinajstić information content (AvgIpc) is 3.27. The van der Waals surface area contributed by atoms with Crippen LogP contribution in [0.1, 0.15) is 10.4 Å². The first kappa shape index (κ1) is 23.2. The lowest BCUT2D eigenvalue weighted by atomic mass is 10.1. The minimum Gasteiger partial charge on any atom is -0.378 e. The molecule has 0 bridgehead atoms. The monoisotopic (exact) mass is 527 g/mol. The number of nitrogen functional groups attached to an aromatic ring is 1. The van der Waals surface area contributed by atoms with Crippen molar-refractivity contribution in [1.29, 1.82) is 0 Å². The standard InChI is InChI=1S/C23H22FN7O3S2/c24-15-1-3-16(4-2-15)36(32,33)31-6-5-18-17(13-31)19-20(35-18)22(30-7-9-34-10-8-30)29-21(28-19)14-11-26-23(25)27-12-14/h1-4,11-12H,5-10,13H2,(H2,25,26,27). The molecule has 6 rings (SSSR count). The Morgan fingerprint density at radius 3 is 2.47 bits per heavy atom. The first-order chi connectivity index (χ1) is 17.4. The molecule has 2 N–H and O–H groups in total. The summed E-state index contributed by atoms with van der Waals surface area (Å²) in [6.45, 7) is 3.08. The smallest absolute Gasteiger partial charge is 0.243 e. The lowest BCUT2D eigenvalue weighted by Gasteiger charge is -2.28. The van der Waals surface area contributed by atoms with Crippen molar-refractivity contribution in [3.05, 3.63) is 52.9 Å². The van der Waals surface area contributed by atoms with E-state index < -0.39 is 15.8 Å². The van der Waals surface area contributed by atoms with Gasteiger partial charge in [-0.25, -0.2) is 32.7 Å². The molecule has 36 heavy (non-hydrogen) atoms. The molecule has 0 atom stereocenters. The van der Waals surface area contributed by atoms with Crippen molar-refractivity contribution in [2.45, 2.75) is 17.9 Å². The molecule has 0 unspecified atom stereocenters. The van der Waals surface area contributed by atoms with Crippen molar-refractivity contribution < 1.29 is 17.5 Å². The quantitative estimate of drug-likeness (QED) is 0.426. The molecular weight excluding hydrogens is 505 g/mol. The van der Waals surface area contributed by atoms with Gasteiger partial charge in [0.15, 0.2) is 11.6 Å². The van der Waals surface area contributed by atoms with Gasteiger partial charge in [-0.15, -0.1) is 11.3 Å². The zero-order valence-corrected chi connectivity index (χ0v) is 20.7. The Balaban J connectivity index is 1.46. The van der Waals surface area contributed by atoms with Crippen LogP contribution in [0.5, 0.6) is 0 Å². The molecule has 1 saturated heterocycles. The van der Waals surface area contributed by atoms with E-state index in [1.54, 1.807) is 23.7 Å². The van der Waals surface area contributed by atoms with Gasteiger partial charge in [-0.05, 0) is 30.7 Å². The summed E-state index contributed by atoms with van der Waals surface area (Å²) in [5, 5.41) is 0. The highest BCUT2D eigenvalue weighted by atomic mass is 32.2. The summed E-state index contributed by atoms with van der Waals surface area (Å²) in [5.74, 6) is 0.915. The summed E-state index contributed by atoms with van der Waals surface area (Å²) in [4.78, 5) is 21.2. The maximum atomic E-state index is 13.4. The highest BCUT2D eigenvalue weighted by Gasteiger charge is 2.32. The number of hydrogen-bond acceptors (Lipinski definition) is 10. The maximum Gasteiger partial charge on any atom is 0.243 e. The predicted octanol–water partition coefficient (Wildman–Crippen LogP) is 2.45. The summed E-state index contributed by atoms with van der Waals surface area (Å²) in [6.07, 6.45) is 3.72. The molecule has 4 aromatic rings. The number of ether oxygens (including phenoxy) is 1. The lowest BCUT2D eigenvalue weighted by molar-refractivity contribution is 0.122. The van der Waals surface area contributed by atoms with E-state index in [4.69, 9.17) is 20.4 Å². The van der Waals surface area contributed by atoms with Gasteiger partial charge >= 0.3 is 0 Å². The number of thiophene rings is 1. The van der Waals surface area contributed by atoms with Crippen LogP contribution in [0, 0.1) is 5.82 Å². The number of nitrogens with two attached hydrogens (primary N) is 1. The van der Waals surface area contributed by atoms with E-state index in [2.05, 4.69) is 14.9 Å². The van der Waals surface area contributed by atoms with Crippen LogP contribution < -0.4 is 10.6 Å². The van der Waals surface area contributed by atoms with Crippen molar-refractivity contribution >= 4 is 43.3 Å². The van der Waals surface area contributed by atoms with Gasteiger partial charge in [0.05, 0.1) is 33.9 Å². The second kappa shape index (κ2) is 9.00. The molecule has 0 radical (unpaired) electrons. The van der Waals surface area contributed by atoms with Gasteiger partial charge in [0, 0.05) is 49.0 Å². The minimum absolute atomic E-state index is 0.0650. The van der Waals surface area contributed by atoms with Gasteiger partial charge in [-0.2, -0.15) is 4.31 Å². The van der Waals surface area contributed by atoms with Crippen molar-refractivity contribution in [1.82, 2.24) is 24.2 Å². The third-order valence-electron chi connectivity index (χ3n) is 6.31. The summed E-state index contributed by atoms with van der Waals surface area (Å²) < 4.78 is 47.9. The van der Waals surface area contributed by atoms with Gasteiger partial charge in [0.1, 0.15) is 5.82 Å². The van der Waals surface area contributed by atoms with Crippen LogP contribution in [0.3, 0.4) is 0 Å². The van der Waals surface area contributed by atoms with Crippen LogP contribution in [0.2, 0.25) is 0 Å². The fraction of sp³-hybridized carbons (Fsp3) is 0.304. The summed E-state index contributed by atoms with van der Waals surface area (Å²) in [6, 6.07) is 4.91. The molecule has 5 heterocycles. The third-order valence-corrected chi connectivity index (χ3v) is 9.45. The Labute approximate surface area is 210 Å². The van der Waals surface area contributed by atoms with Crippen LogP contribution in [-0.4, -0.2) is 65.5 Å². The molecule has 1 fully saturated rings. The number of aromatic nitrogens is 4. The topological polar surface area (TPSA) is 127 Å². The van der Waals surface area contributed by atoms with E-state index in [0.29, 0.717) is 50.7 Å². The predicted molar refractivity (Wildman–Crippen MR) is 134 cm³/mol. The molecule has 13 heteroatoms. The first-order valence-corrected chi connectivity index (χ1v) is 13.6. The third kappa shape index (κ3) is 4.07. The fourth-order valence-corrected chi connectivity index (χ4v) is 7.10. The van der Waals surface area contributed by atoms with Crippen LogP contribution >= 0.6 is 11.3 Å². The Morgan fingerprint density at radius 2 is 1.75 bits per heavy atom. The Morgan fingerprint density at radius 1 is 1.03 bits per heavy atom. The Bertz CT molecular complexity index is 1540. The Kier molecular flexibility index (Phi) is 5.79. The van der Waals surface area contributed by atoms with Crippen LogP contribution in [-0.2, 0) is 27.7 Å². The number of sulfonamides is 1. The van der Waals surface area contributed by atoms with Crippen LogP contribution in [0.4, 0.5) is 16.2 Å². The zero-order valence-electron chi connectivity index (χ0n) is 19.1. The number of hydrogen-bond donors (Lipinski definition) is 1. The SMILES string of the molecule is Nc1ncc(-c2nc(N3CCOCC3)c3sc4c(c3n2)CN(S(=O)(=O)c2ccc(F)cc2)CC4)cn1. The number of anilines is 2. The Hall–Kier alpha value is -3.26. The summed E-state index contributed by atoms with van der Waals surface area (Å²) in [7, 11) is -3.80. The molecule has 3 aromatic heterocycles. The number of halogens is 1. The number of nitrogens with zero attached hydrogens (tertiary/aromatic N) is 6. The van der Waals surface area contributed by atoms with E-state index in [0.717, 1.165) is 38.6 Å². The van der Waals surface area contributed by atoms with E-state index in [1.165, 1.54) is 16.4 Å². The van der Waals surface area contributed by atoms with Gasteiger partial charge in [0.25, 0.3) is 0 Å². The molecule has 0 spiro atoms. The van der Waals surface area contributed by atoms with Crippen LogP contribution in [0.15, 0.2) is 41.6 Å². The molecule has 2 aliphatic rings. The van der Waals surface area contributed by atoms with Crippen LogP contribution in [0.25, 0.3) is 21.6 Å². The van der Waals surface area contributed by atoms with Gasteiger partial charge < -0.3 is 15.4 Å². The normalized spacial score (nSPS) is 16.9. The van der Waals surface area contributed by atoms with Gasteiger partial charge in [-0.3, -0.25) is 0 Å². The zero-order chi connectivity index (χ0) is 24.9. The highest BCUT2D eigenvalue weighted by molar-refractivity contribution is 7.89. The maximum absolute atomic E-state index is 13.4. The van der Waals surface area contributed by atoms with E-state index >= 15 is 0 Å². The average molecular weight is 528 g/mol. The van der Waals surface area contributed by atoms with Crippen molar-refractivity contribution in [3.63, 3.8) is 0 Å². The van der Waals surface area contributed by atoms with Gasteiger partial charge in [-0.1, -0.05) is 0 Å². The molecule has 0 saturated carbocycles. The first-order valence-electron chi connectivity index (χ1n) is 11.4. The minimum atomic E-state index is -3.80. The molecular formula is C23H22FN7O3S2. The van der Waals surface area contributed by atoms with E-state index in [-0.39, 0.29) is 17.4 Å². The number of fused-ring (bicyclic) bond motifs is 3. The molecule has 0 amide bonds. The molecule has 186 valence electrons. The number of morpholine rings is 1. The molecule has 1 aromatic carbocycles. The second-order valence-corrected chi connectivity index (χ2v) is 11.6. The number of benzene rings is 1. The van der Waals surface area contributed by atoms with E-state index in [9.17, 15) is 12.8 Å². The summed E-state index contributed by atoms with van der Waals surface area (Å²) >= 11 is 1.61. The van der Waals surface area contributed by atoms with Gasteiger partial charge in [0.2, 0.25) is 16.0 Å². The van der Waals surface area contributed by atoms with E-state index in [1.807, 2.05) is 0 Å². The fourth-order valence-electron chi connectivity index (χ4n) is 4.43. The lowest BCUT2D eigenvalue weighted by Crippen LogP contribution is -2.37. The largest absolute Gasteiger partial charge is 0.378 e. The van der Waals surface area contributed by atoms with Crippen molar-refractivity contribution in [2.24, 2.45) is 0 Å². The molecule has 0 aliphatic carbocycles. The summed E-state index contributed by atoms with van der Waals surface area (Å²) in [5.41, 5.74) is 7.86. The number of rotatable bonds is 4.